The molecule has 1 heterocycles. The highest BCUT2D eigenvalue weighted by atomic mass is 16.5. The van der Waals surface area contributed by atoms with Crippen molar-refractivity contribution < 1.29 is 9.53 Å². The Hall–Kier alpha value is -2.82. The third-order valence-corrected chi connectivity index (χ3v) is 4.25. The van der Waals surface area contributed by atoms with E-state index in [0.29, 0.717) is 6.54 Å². The zero-order valence-electron chi connectivity index (χ0n) is 14.1. The van der Waals surface area contributed by atoms with Crippen molar-refractivity contribution in [2.24, 2.45) is 0 Å². The van der Waals surface area contributed by atoms with Gasteiger partial charge in [0.1, 0.15) is 11.6 Å². The van der Waals surface area contributed by atoms with Crippen molar-refractivity contribution in [1.29, 1.82) is 0 Å². The largest absolute Gasteiger partial charge is 0.496 e. The molecule has 0 saturated carbocycles. The monoisotopic (exact) mass is 323 g/mol. The molecule has 0 aliphatic rings. The lowest BCUT2D eigenvalue weighted by Crippen LogP contribution is -2.32. The fourth-order valence-corrected chi connectivity index (χ4v) is 2.79. The molecule has 2 aromatic carbocycles. The van der Waals surface area contributed by atoms with Crippen molar-refractivity contribution in [3.05, 3.63) is 48.0 Å². The van der Waals surface area contributed by atoms with Gasteiger partial charge in [0.15, 0.2) is 0 Å². The van der Waals surface area contributed by atoms with E-state index in [1.54, 1.807) is 7.11 Å². The summed E-state index contributed by atoms with van der Waals surface area (Å²) in [6.45, 7) is 4.77. The summed E-state index contributed by atoms with van der Waals surface area (Å²) in [5.74, 6) is 1.57. The SMILES string of the molecule is COc1ccccc1-c1nc2cc(C(C)(C)CNC=O)ccc2[nH]1. The summed E-state index contributed by atoms with van der Waals surface area (Å²) < 4.78 is 5.42. The molecule has 0 unspecified atom stereocenters. The summed E-state index contributed by atoms with van der Waals surface area (Å²) >= 11 is 0. The van der Waals surface area contributed by atoms with Crippen LogP contribution in [0.4, 0.5) is 0 Å². The van der Waals surface area contributed by atoms with Gasteiger partial charge in [-0.15, -0.1) is 0 Å². The predicted molar refractivity (Wildman–Crippen MR) is 95.2 cm³/mol. The van der Waals surface area contributed by atoms with E-state index in [1.807, 2.05) is 30.3 Å². The maximum absolute atomic E-state index is 10.6. The highest BCUT2D eigenvalue weighted by Crippen LogP contribution is 2.31. The number of aromatic nitrogens is 2. The highest BCUT2D eigenvalue weighted by Gasteiger charge is 2.21. The van der Waals surface area contributed by atoms with Crippen LogP contribution in [0.1, 0.15) is 19.4 Å². The normalized spacial score (nSPS) is 11.5. The van der Waals surface area contributed by atoms with Crippen LogP contribution in [0.2, 0.25) is 0 Å². The molecule has 3 rings (SSSR count). The van der Waals surface area contributed by atoms with Crippen LogP contribution < -0.4 is 10.1 Å². The summed E-state index contributed by atoms with van der Waals surface area (Å²) in [6.07, 6.45) is 0.731. The van der Waals surface area contributed by atoms with Crippen LogP contribution in [0.3, 0.4) is 0 Å². The number of nitrogens with zero attached hydrogens (tertiary/aromatic N) is 1. The Labute approximate surface area is 141 Å². The lowest BCUT2D eigenvalue weighted by molar-refractivity contribution is -0.109. The van der Waals surface area contributed by atoms with Gasteiger partial charge in [0.05, 0.1) is 23.7 Å². The number of imidazole rings is 1. The van der Waals surface area contributed by atoms with Gasteiger partial charge >= 0.3 is 0 Å². The van der Waals surface area contributed by atoms with Crippen LogP contribution in [0.25, 0.3) is 22.4 Å². The Morgan fingerprint density at radius 1 is 1.25 bits per heavy atom. The molecule has 0 bridgehead atoms. The van der Waals surface area contributed by atoms with Crippen LogP contribution in [0, 0.1) is 0 Å². The molecule has 2 N–H and O–H groups in total. The molecular weight excluding hydrogens is 302 g/mol. The Balaban J connectivity index is 2.02. The van der Waals surface area contributed by atoms with E-state index >= 15 is 0 Å². The van der Waals surface area contributed by atoms with Gasteiger partial charge in [0.25, 0.3) is 0 Å². The smallest absolute Gasteiger partial charge is 0.207 e. The Morgan fingerprint density at radius 2 is 2.04 bits per heavy atom. The van der Waals surface area contributed by atoms with Gasteiger partial charge in [-0.3, -0.25) is 4.79 Å². The number of nitrogens with one attached hydrogen (secondary N) is 2. The third-order valence-electron chi connectivity index (χ3n) is 4.25. The molecule has 124 valence electrons. The van der Waals surface area contributed by atoms with Gasteiger partial charge < -0.3 is 15.0 Å². The molecular formula is C19H21N3O2. The lowest BCUT2D eigenvalue weighted by atomic mass is 9.84. The van der Waals surface area contributed by atoms with Crippen LogP contribution in [0.5, 0.6) is 5.75 Å². The Kier molecular flexibility index (Phi) is 4.25. The molecule has 0 aliphatic heterocycles. The number of H-pyrrole nitrogens is 1. The van der Waals surface area contributed by atoms with Crippen molar-refractivity contribution in [3.63, 3.8) is 0 Å². The number of aromatic amines is 1. The number of amides is 1. The van der Waals surface area contributed by atoms with E-state index in [2.05, 4.69) is 36.3 Å². The van der Waals surface area contributed by atoms with Gasteiger partial charge in [0, 0.05) is 12.0 Å². The first-order valence-electron chi connectivity index (χ1n) is 7.86. The van der Waals surface area contributed by atoms with Gasteiger partial charge in [-0.25, -0.2) is 4.98 Å². The fraction of sp³-hybridized carbons (Fsp3) is 0.263. The van der Waals surface area contributed by atoms with Crippen LogP contribution in [0.15, 0.2) is 42.5 Å². The second kappa shape index (κ2) is 6.35. The second-order valence-electron chi connectivity index (χ2n) is 6.40. The summed E-state index contributed by atoms with van der Waals surface area (Å²) in [4.78, 5) is 18.6. The molecule has 0 radical (unpaired) electrons. The summed E-state index contributed by atoms with van der Waals surface area (Å²) in [7, 11) is 1.65. The maximum atomic E-state index is 10.6. The van der Waals surface area contributed by atoms with Crippen molar-refractivity contribution in [3.8, 4) is 17.1 Å². The predicted octanol–water partition coefficient (Wildman–Crippen LogP) is 3.26. The summed E-state index contributed by atoms with van der Waals surface area (Å²) in [5, 5.41) is 2.76. The number of methoxy groups -OCH3 is 1. The minimum atomic E-state index is -0.168. The molecule has 0 aliphatic carbocycles. The molecule has 24 heavy (non-hydrogen) atoms. The van der Waals surface area contributed by atoms with E-state index in [9.17, 15) is 4.79 Å². The highest BCUT2D eigenvalue weighted by molar-refractivity contribution is 5.81. The molecule has 5 nitrogen and oxygen atoms in total. The Bertz CT molecular complexity index is 868. The van der Waals surface area contributed by atoms with Crippen LogP contribution in [-0.4, -0.2) is 30.0 Å². The molecule has 0 fully saturated rings. The molecule has 0 saturated heterocycles. The summed E-state index contributed by atoms with van der Waals surface area (Å²) in [6, 6.07) is 14.0. The van der Waals surface area contributed by atoms with Crippen LogP contribution >= 0.6 is 0 Å². The number of carbonyl (C=O) groups excluding carboxylic acids is 1. The van der Waals surface area contributed by atoms with Crippen LogP contribution in [-0.2, 0) is 10.2 Å². The molecule has 5 heteroatoms. The topological polar surface area (TPSA) is 67.0 Å². The van der Waals surface area contributed by atoms with Gasteiger partial charge in [-0.2, -0.15) is 0 Å². The zero-order valence-corrected chi connectivity index (χ0v) is 14.1. The van der Waals surface area contributed by atoms with Crippen molar-refractivity contribution in [1.82, 2.24) is 15.3 Å². The van der Waals surface area contributed by atoms with E-state index < -0.39 is 0 Å². The van der Waals surface area contributed by atoms with Gasteiger partial charge in [0.2, 0.25) is 6.41 Å². The average Bonchev–Trinajstić information content (AvgIpc) is 3.03. The van der Waals surface area contributed by atoms with E-state index in [0.717, 1.165) is 40.1 Å². The quantitative estimate of drug-likeness (QED) is 0.684. The van der Waals surface area contributed by atoms with E-state index in [1.165, 1.54) is 0 Å². The number of carbonyl (C=O) groups is 1. The number of fused-ring (bicyclic) bond motifs is 1. The van der Waals surface area contributed by atoms with E-state index in [-0.39, 0.29) is 5.41 Å². The number of benzene rings is 2. The van der Waals surface area contributed by atoms with E-state index in [4.69, 9.17) is 9.72 Å². The number of hydrogen-bond donors (Lipinski definition) is 2. The average molecular weight is 323 g/mol. The standard InChI is InChI=1S/C19H21N3O2/c1-19(2,11-20-12-23)13-8-9-15-16(10-13)22-18(21-15)14-6-4-5-7-17(14)24-3/h4-10,12H,11H2,1-3H3,(H,20,23)(H,21,22). The first-order chi connectivity index (χ1) is 11.5. The molecule has 1 amide bonds. The molecule has 3 aromatic rings. The fourth-order valence-electron chi connectivity index (χ4n) is 2.79. The molecule has 0 atom stereocenters. The first-order valence-corrected chi connectivity index (χ1v) is 7.86. The van der Waals surface area contributed by atoms with Crippen molar-refractivity contribution in [2.45, 2.75) is 19.3 Å². The third kappa shape index (κ3) is 2.97. The van der Waals surface area contributed by atoms with Crippen molar-refractivity contribution >= 4 is 17.4 Å². The lowest BCUT2D eigenvalue weighted by Gasteiger charge is -2.24. The number of rotatable bonds is 6. The maximum Gasteiger partial charge on any atom is 0.207 e. The molecule has 1 aromatic heterocycles. The number of ether oxygens (including phenoxy) is 1. The summed E-state index contributed by atoms with van der Waals surface area (Å²) in [5.41, 5.74) is 3.76. The number of hydrogen-bond acceptors (Lipinski definition) is 3. The second-order valence-corrected chi connectivity index (χ2v) is 6.40. The zero-order chi connectivity index (χ0) is 17.2. The first kappa shape index (κ1) is 16.1. The van der Waals surface area contributed by atoms with Crippen molar-refractivity contribution in [2.75, 3.05) is 13.7 Å². The molecule has 0 spiro atoms. The number of para-hydroxylation sites is 1. The minimum absolute atomic E-state index is 0.168. The minimum Gasteiger partial charge on any atom is -0.496 e. The Morgan fingerprint density at radius 3 is 2.79 bits per heavy atom. The van der Waals surface area contributed by atoms with Gasteiger partial charge in [-0.1, -0.05) is 32.0 Å². The van der Waals surface area contributed by atoms with Gasteiger partial charge in [-0.05, 0) is 29.8 Å².